The number of hydrazone groups is 1. The molecule has 0 spiro atoms. The van der Waals surface area contributed by atoms with E-state index in [0.717, 1.165) is 20.9 Å². The molecule has 1 aromatic heterocycles. The van der Waals surface area contributed by atoms with Gasteiger partial charge in [0.25, 0.3) is 5.91 Å². The summed E-state index contributed by atoms with van der Waals surface area (Å²) < 4.78 is 0.974. The van der Waals surface area contributed by atoms with E-state index in [1.54, 1.807) is 6.07 Å². The highest BCUT2D eigenvalue weighted by atomic mass is 32.1. The first-order valence-corrected chi connectivity index (χ1v) is 8.57. The van der Waals surface area contributed by atoms with Gasteiger partial charge in [-0.3, -0.25) is 4.79 Å². The number of thiophene rings is 1. The summed E-state index contributed by atoms with van der Waals surface area (Å²) in [5.41, 5.74) is 3.10. The Hall–Kier alpha value is -3.18. The van der Waals surface area contributed by atoms with Gasteiger partial charge in [-0.05, 0) is 29.0 Å². The molecule has 2 N–H and O–H groups in total. The first-order valence-electron chi connectivity index (χ1n) is 7.76. The van der Waals surface area contributed by atoms with Crippen LogP contribution in [0.2, 0.25) is 0 Å². The van der Waals surface area contributed by atoms with Crippen molar-refractivity contribution < 1.29 is 9.90 Å². The molecule has 1 heterocycles. The lowest BCUT2D eigenvalue weighted by Crippen LogP contribution is -2.17. The standard InChI is InChI=1S/C20H14N2O2S/c23-19-16-9-3-4-11-17(16)25-18(19)12-21-22-20(24)15-10-5-7-13-6-1-2-8-14(13)15/h1-12,23H,(H,22,24). The monoisotopic (exact) mass is 346 g/mol. The summed E-state index contributed by atoms with van der Waals surface area (Å²) in [6.45, 7) is 0. The molecular formula is C20H14N2O2S. The summed E-state index contributed by atoms with van der Waals surface area (Å²) in [4.78, 5) is 13.0. The van der Waals surface area contributed by atoms with Gasteiger partial charge in [-0.1, -0.05) is 48.5 Å². The number of nitrogens with one attached hydrogen (secondary N) is 1. The number of carbonyl (C=O) groups excluding carboxylic acids is 1. The largest absolute Gasteiger partial charge is 0.506 e. The molecular weight excluding hydrogens is 332 g/mol. The summed E-state index contributed by atoms with van der Waals surface area (Å²) in [5, 5.41) is 16.9. The third kappa shape index (κ3) is 2.86. The van der Waals surface area contributed by atoms with Crippen LogP contribution >= 0.6 is 11.3 Å². The van der Waals surface area contributed by atoms with Crippen LogP contribution in [0.25, 0.3) is 20.9 Å². The lowest BCUT2D eigenvalue weighted by Gasteiger charge is -2.04. The Balaban J connectivity index is 1.58. The highest BCUT2D eigenvalue weighted by molar-refractivity contribution is 7.21. The van der Waals surface area contributed by atoms with Gasteiger partial charge in [0.2, 0.25) is 0 Å². The predicted molar refractivity (Wildman–Crippen MR) is 102 cm³/mol. The molecule has 122 valence electrons. The zero-order valence-electron chi connectivity index (χ0n) is 13.1. The van der Waals surface area contributed by atoms with Crippen molar-refractivity contribution in [3.05, 3.63) is 77.2 Å². The van der Waals surface area contributed by atoms with Crippen LogP contribution in [0.15, 0.2) is 71.8 Å². The van der Waals surface area contributed by atoms with Crippen molar-refractivity contribution in [1.29, 1.82) is 0 Å². The second-order valence-corrected chi connectivity index (χ2v) is 6.62. The SMILES string of the molecule is O=C(NN=Cc1sc2ccccc2c1O)c1cccc2ccccc12. The summed E-state index contributed by atoms with van der Waals surface area (Å²) in [7, 11) is 0. The molecule has 4 nitrogen and oxygen atoms in total. The Kier molecular flexibility index (Phi) is 3.91. The minimum atomic E-state index is -0.284. The fraction of sp³-hybridized carbons (Fsp3) is 0. The van der Waals surface area contributed by atoms with Crippen LogP contribution in [0.5, 0.6) is 5.75 Å². The first kappa shape index (κ1) is 15.4. The molecule has 0 aliphatic heterocycles. The fourth-order valence-electron chi connectivity index (χ4n) is 2.77. The van der Waals surface area contributed by atoms with E-state index in [9.17, 15) is 9.90 Å². The minimum absolute atomic E-state index is 0.184. The number of benzene rings is 3. The van der Waals surface area contributed by atoms with E-state index >= 15 is 0 Å². The molecule has 0 bridgehead atoms. The van der Waals surface area contributed by atoms with Gasteiger partial charge >= 0.3 is 0 Å². The average molecular weight is 346 g/mol. The van der Waals surface area contributed by atoms with Crippen LogP contribution < -0.4 is 5.43 Å². The molecule has 0 aliphatic carbocycles. The summed E-state index contributed by atoms with van der Waals surface area (Å²) in [6, 6.07) is 20.9. The van der Waals surface area contributed by atoms with E-state index < -0.39 is 0 Å². The topological polar surface area (TPSA) is 61.7 Å². The number of aromatic hydroxyl groups is 1. The van der Waals surface area contributed by atoms with Crippen LogP contribution in [0.4, 0.5) is 0 Å². The van der Waals surface area contributed by atoms with E-state index in [1.165, 1.54) is 17.6 Å². The normalized spacial score (nSPS) is 11.4. The number of amides is 1. The van der Waals surface area contributed by atoms with Gasteiger partial charge in [0.1, 0.15) is 5.75 Å². The lowest BCUT2D eigenvalue weighted by molar-refractivity contribution is 0.0957. The second kappa shape index (κ2) is 6.37. The number of fused-ring (bicyclic) bond motifs is 2. The summed E-state index contributed by atoms with van der Waals surface area (Å²) in [5.74, 6) is -0.0996. The van der Waals surface area contributed by atoms with E-state index in [-0.39, 0.29) is 11.7 Å². The average Bonchev–Trinajstić information content (AvgIpc) is 2.97. The van der Waals surface area contributed by atoms with Crippen LogP contribution in [0, 0.1) is 0 Å². The highest BCUT2D eigenvalue weighted by Gasteiger charge is 2.10. The van der Waals surface area contributed by atoms with Crippen molar-refractivity contribution in [2.75, 3.05) is 0 Å². The molecule has 5 heteroatoms. The Morgan fingerprint density at radius 3 is 2.52 bits per heavy atom. The van der Waals surface area contributed by atoms with Crippen molar-refractivity contribution in [1.82, 2.24) is 5.43 Å². The minimum Gasteiger partial charge on any atom is -0.506 e. The molecule has 0 saturated carbocycles. The molecule has 3 aromatic carbocycles. The van der Waals surface area contributed by atoms with Gasteiger partial charge in [0.05, 0.1) is 11.1 Å². The van der Waals surface area contributed by atoms with E-state index in [1.807, 2.05) is 60.7 Å². The number of hydrogen-bond acceptors (Lipinski definition) is 4. The number of nitrogens with zero attached hydrogens (tertiary/aromatic N) is 1. The number of hydrogen-bond donors (Lipinski definition) is 2. The molecule has 1 amide bonds. The van der Waals surface area contributed by atoms with Crippen LogP contribution in [-0.4, -0.2) is 17.2 Å². The van der Waals surface area contributed by atoms with Crippen molar-refractivity contribution in [3.63, 3.8) is 0 Å². The Morgan fingerprint density at radius 1 is 0.960 bits per heavy atom. The van der Waals surface area contributed by atoms with E-state index in [0.29, 0.717) is 10.4 Å². The summed E-state index contributed by atoms with van der Waals surface area (Å²) >= 11 is 1.42. The quantitative estimate of drug-likeness (QED) is 0.423. The molecule has 0 fully saturated rings. The van der Waals surface area contributed by atoms with Gasteiger partial charge in [0, 0.05) is 15.6 Å². The van der Waals surface area contributed by atoms with Gasteiger partial charge in [0.15, 0.2) is 0 Å². The highest BCUT2D eigenvalue weighted by Crippen LogP contribution is 2.35. The van der Waals surface area contributed by atoms with Gasteiger partial charge in [-0.25, -0.2) is 5.43 Å². The smallest absolute Gasteiger partial charge is 0.271 e. The zero-order chi connectivity index (χ0) is 17.2. The second-order valence-electron chi connectivity index (χ2n) is 5.54. The Bertz CT molecular complexity index is 1110. The van der Waals surface area contributed by atoms with Gasteiger partial charge < -0.3 is 5.11 Å². The number of rotatable bonds is 3. The maximum atomic E-state index is 12.4. The first-order chi connectivity index (χ1) is 12.2. The zero-order valence-corrected chi connectivity index (χ0v) is 14.0. The van der Waals surface area contributed by atoms with Gasteiger partial charge in [-0.15, -0.1) is 11.3 Å². The van der Waals surface area contributed by atoms with Crippen molar-refractivity contribution >= 4 is 44.3 Å². The van der Waals surface area contributed by atoms with E-state index in [2.05, 4.69) is 10.5 Å². The molecule has 0 atom stereocenters. The van der Waals surface area contributed by atoms with Crippen LogP contribution in [0.1, 0.15) is 15.2 Å². The number of carbonyl (C=O) groups is 1. The third-order valence-electron chi connectivity index (χ3n) is 3.98. The molecule has 0 radical (unpaired) electrons. The predicted octanol–water partition coefficient (Wildman–Crippen LogP) is 4.52. The van der Waals surface area contributed by atoms with Crippen molar-refractivity contribution in [3.8, 4) is 5.75 Å². The third-order valence-corrected chi connectivity index (χ3v) is 5.07. The molecule has 0 unspecified atom stereocenters. The molecule has 4 aromatic rings. The molecule has 0 saturated heterocycles. The van der Waals surface area contributed by atoms with Crippen LogP contribution in [-0.2, 0) is 0 Å². The Morgan fingerprint density at radius 2 is 1.68 bits per heavy atom. The maximum Gasteiger partial charge on any atom is 0.271 e. The Labute approximate surface area is 148 Å². The maximum absolute atomic E-state index is 12.4. The van der Waals surface area contributed by atoms with Crippen molar-refractivity contribution in [2.24, 2.45) is 5.10 Å². The van der Waals surface area contributed by atoms with Gasteiger partial charge in [-0.2, -0.15) is 5.10 Å². The fourth-order valence-corrected chi connectivity index (χ4v) is 3.74. The molecule has 0 aliphatic rings. The summed E-state index contributed by atoms with van der Waals surface area (Å²) in [6.07, 6.45) is 1.48. The molecule has 25 heavy (non-hydrogen) atoms. The van der Waals surface area contributed by atoms with Crippen LogP contribution in [0.3, 0.4) is 0 Å². The molecule has 4 rings (SSSR count). The van der Waals surface area contributed by atoms with E-state index in [4.69, 9.17) is 0 Å². The van der Waals surface area contributed by atoms with Crippen molar-refractivity contribution in [2.45, 2.75) is 0 Å². The lowest BCUT2D eigenvalue weighted by atomic mass is 10.0.